The summed E-state index contributed by atoms with van der Waals surface area (Å²) in [6, 6.07) is 4.98. The Hall–Kier alpha value is -1.01. The summed E-state index contributed by atoms with van der Waals surface area (Å²) in [4.78, 5) is 4.33. The smallest absolute Gasteiger partial charge is 0.264 e. The van der Waals surface area contributed by atoms with Gasteiger partial charge >= 0.3 is 0 Å². The van der Waals surface area contributed by atoms with Crippen molar-refractivity contribution in [2.75, 3.05) is 0 Å². The highest BCUT2D eigenvalue weighted by Crippen LogP contribution is 2.34. The highest BCUT2D eigenvalue weighted by Gasteiger charge is 2.35. The van der Waals surface area contributed by atoms with E-state index in [2.05, 4.69) is 10.1 Å². The third-order valence-corrected chi connectivity index (χ3v) is 4.04. The van der Waals surface area contributed by atoms with Crippen LogP contribution in [-0.4, -0.2) is 10.1 Å². The first kappa shape index (κ1) is 17.3. The van der Waals surface area contributed by atoms with Gasteiger partial charge in [0.1, 0.15) is 5.75 Å². The van der Waals surface area contributed by atoms with E-state index in [0.717, 1.165) is 25.7 Å². The minimum Gasteiger partial charge on any atom is -0.484 e. The average molecular weight is 365 g/mol. The van der Waals surface area contributed by atoms with Gasteiger partial charge < -0.3 is 15.0 Å². The molecule has 1 aromatic carbocycles. The van der Waals surface area contributed by atoms with E-state index < -0.39 is 5.54 Å². The topological polar surface area (TPSA) is 74.2 Å². The van der Waals surface area contributed by atoms with Crippen LogP contribution in [0.2, 0.25) is 10.0 Å². The zero-order valence-corrected chi connectivity index (χ0v) is 14.0. The highest BCUT2D eigenvalue weighted by atomic mass is 35.5. The molecule has 0 unspecified atom stereocenters. The van der Waals surface area contributed by atoms with Gasteiger partial charge in [0.15, 0.2) is 12.4 Å². The number of rotatable bonds is 4. The molecule has 120 valence electrons. The van der Waals surface area contributed by atoms with Crippen LogP contribution in [0.3, 0.4) is 0 Å². The monoisotopic (exact) mass is 363 g/mol. The van der Waals surface area contributed by atoms with Crippen LogP contribution in [0, 0.1) is 0 Å². The molecule has 1 heterocycles. The number of hydrogen-bond acceptors (Lipinski definition) is 5. The fourth-order valence-corrected chi connectivity index (χ4v) is 3.01. The Kier molecular flexibility index (Phi) is 5.55. The Morgan fingerprint density at radius 3 is 2.45 bits per heavy atom. The number of hydrogen-bond donors (Lipinski definition) is 1. The first-order chi connectivity index (χ1) is 10.0. The van der Waals surface area contributed by atoms with Gasteiger partial charge in [0.2, 0.25) is 0 Å². The highest BCUT2D eigenvalue weighted by molar-refractivity contribution is 6.34. The van der Waals surface area contributed by atoms with Crippen LogP contribution < -0.4 is 10.5 Å². The van der Waals surface area contributed by atoms with Crippen LogP contribution in [-0.2, 0) is 12.1 Å². The molecule has 0 atom stereocenters. The molecule has 0 aliphatic heterocycles. The zero-order valence-electron chi connectivity index (χ0n) is 11.7. The summed E-state index contributed by atoms with van der Waals surface area (Å²) < 4.78 is 10.7. The summed E-state index contributed by atoms with van der Waals surface area (Å²) in [5.41, 5.74) is 5.82. The lowest BCUT2D eigenvalue weighted by Gasteiger charge is -2.17. The lowest BCUT2D eigenvalue weighted by Crippen LogP contribution is -2.34. The van der Waals surface area contributed by atoms with Crippen molar-refractivity contribution in [3.05, 3.63) is 40.0 Å². The van der Waals surface area contributed by atoms with Gasteiger partial charge in [-0.05, 0) is 31.0 Å². The van der Waals surface area contributed by atoms with Crippen LogP contribution in [0.5, 0.6) is 5.75 Å². The van der Waals surface area contributed by atoms with E-state index in [1.54, 1.807) is 18.2 Å². The van der Waals surface area contributed by atoms with Crippen LogP contribution in [0.1, 0.15) is 37.4 Å². The van der Waals surface area contributed by atoms with Gasteiger partial charge in [-0.25, -0.2) is 0 Å². The van der Waals surface area contributed by atoms with Crippen molar-refractivity contribution in [3.63, 3.8) is 0 Å². The van der Waals surface area contributed by atoms with Crippen LogP contribution in [0.15, 0.2) is 22.7 Å². The van der Waals surface area contributed by atoms with Gasteiger partial charge in [0.25, 0.3) is 5.89 Å². The summed E-state index contributed by atoms with van der Waals surface area (Å²) in [5.74, 6) is 1.50. The predicted molar refractivity (Wildman–Crippen MR) is 86.7 cm³/mol. The largest absolute Gasteiger partial charge is 0.484 e. The van der Waals surface area contributed by atoms with E-state index in [-0.39, 0.29) is 19.0 Å². The van der Waals surface area contributed by atoms with E-state index in [1.165, 1.54) is 0 Å². The standard InChI is InChI=1S/C14H15Cl2N3O2.ClH/c15-9-5-10(16)7-11(6-9)20-8-12-18-13(19-21-12)14(17)3-1-2-4-14;/h5-7H,1-4,8,17H2;1H. The number of halogens is 3. The minimum atomic E-state index is -0.457. The fourth-order valence-electron chi connectivity index (χ4n) is 2.50. The molecule has 1 saturated carbocycles. The van der Waals surface area contributed by atoms with Gasteiger partial charge in [0.05, 0.1) is 5.54 Å². The second-order valence-electron chi connectivity index (χ2n) is 5.27. The molecule has 22 heavy (non-hydrogen) atoms. The lowest BCUT2D eigenvalue weighted by atomic mass is 9.99. The van der Waals surface area contributed by atoms with E-state index in [4.69, 9.17) is 38.2 Å². The summed E-state index contributed by atoms with van der Waals surface area (Å²) in [6.07, 6.45) is 3.96. The molecular weight excluding hydrogens is 349 g/mol. The molecule has 0 saturated heterocycles. The average Bonchev–Trinajstić information content (AvgIpc) is 3.05. The van der Waals surface area contributed by atoms with Gasteiger partial charge in [-0.2, -0.15) is 4.98 Å². The molecule has 0 radical (unpaired) electrons. The zero-order chi connectivity index (χ0) is 14.9. The molecule has 3 rings (SSSR count). The molecule has 0 spiro atoms. The Morgan fingerprint density at radius 2 is 1.82 bits per heavy atom. The lowest BCUT2D eigenvalue weighted by molar-refractivity contribution is 0.241. The van der Waals surface area contributed by atoms with E-state index in [1.807, 2.05) is 0 Å². The number of ether oxygens (including phenoxy) is 1. The molecule has 1 aliphatic rings. The SMILES string of the molecule is Cl.NC1(c2noc(COc3cc(Cl)cc(Cl)c3)n2)CCCC1. The van der Waals surface area contributed by atoms with Crippen molar-refractivity contribution in [1.29, 1.82) is 0 Å². The molecule has 1 aliphatic carbocycles. The van der Waals surface area contributed by atoms with E-state index >= 15 is 0 Å². The molecule has 2 N–H and O–H groups in total. The molecule has 1 aromatic heterocycles. The normalized spacial score (nSPS) is 16.3. The van der Waals surface area contributed by atoms with Crippen molar-refractivity contribution in [2.45, 2.75) is 37.8 Å². The Morgan fingerprint density at radius 1 is 1.18 bits per heavy atom. The maximum absolute atomic E-state index is 6.28. The molecule has 1 fully saturated rings. The second kappa shape index (κ2) is 7.04. The van der Waals surface area contributed by atoms with Crippen molar-refractivity contribution in [1.82, 2.24) is 10.1 Å². The van der Waals surface area contributed by atoms with Crippen molar-refractivity contribution >= 4 is 35.6 Å². The maximum atomic E-state index is 6.28. The number of nitrogens with two attached hydrogens (primary N) is 1. The van der Waals surface area contributed by atoms with E-state index in [0.29, 0.717) is 27.5 Å². The van der Waals surface area contributed by atoms with Gasteiger partial charge in [-0.15, -0.1) is 12.4 Å². The summed E-state index contributed by atoms with van der Waals surface area (Å²) in [7, 11) is 0. The predicted octanol–water partition coefficient (Wildman–Crippen LogP) is 4.11. The molecule has 5 nitrogen and oxygen atoms in total. The fraction of sp³-hybridized carbons (Fsp3) is 0.429. The first-order valence-corrected chi connectivity index (χ1v) is 7.52. The summed E-state index contributed by atoms with van der Waals surface area (Å²) >= 11 is 11.8. The van der Waals surface area contributed by atoms with Crippen LogP contribution in [0.4, 0.5) is 0 Å². The number of nitrogens with zero attached hydrogens (tertiary/aromatic N) is 2. The van der Waals surface area contributed by atoms with Crippen molar-refractivity contribution in [2.24, 2.45) is 5.73 Å². The Balaban J connectivity index is 0.00000176. The van der Waals surface area contributed by atoms with Gasteiger partial charge in [-0.1, -0.05) is 41.2 Å². The quantitative estimate of drug-likeness (QED) is 0.884. The number of aromatic nitrogens is 2. The molecule has 8 heteroatoms. The number of benzene rings is 1. The van der Waals surface area contributed by atoms with E-state index in [9.17, 15) is 0 Å². The third-order valence-electron chi connectivity index (χ3n) is 3.61. The second-order valence-corrected chi connectivity index (χ2v) is 6.14. The maximum Gasteiger partial charge on any atom is 0.264 e. The molecule has 2 aromatic rings. The molecule has 0 amide bonds. The van der Waals surface area contributed by atoms with Gasteiger partial charge in [0, 0.05) is 10.0 Å². The van der Waals surface area contributed by atoms with Crippen molar-refractivity contribution in [3.8, 4) is 5.75 Å². The van der Waals surface area contributed by atoms with Crippen LogP contribution >= 0.6 is 35.6 Å². The first-order valence-electron chi connectivity index (χ1n) is 6.76. The van der Waals surface area contributed by atoms with Gasteiger partial charge in [-0.3, -0.25) is 0 Å². The minimum absolute atomic E-state index is 0. The summed E-state index contributed by atoms with van der Waals surface area (Å²) in [6.45, 7) is 0.153. The molecule has 0 bridgehead atoms. The van der Waals surface area contributed by atoms with Crippen LogP contribution in [0.25, 0.3) is 0 Å². The Bertz CT molecular complexity index is 622. The van der Waals surface area contributed by atoms with Crippen molar-refractivity contribution < 1.29 is 9.26 Å². The molecular formula is C14H16Cl3N3O2. The Labute approximate surface area is 144 Å². The summed E-state index contributed by atoms with van der Waals surface area (Å²) in [5, 5.41) is 4.99. The third kappa shape index (κ3) is 3.84.